The van der Waals surface area contributed by atoms with Crippen LogP contribution >= 0.6 is 15.9 Å². The van der Waals surface area contributed by atoms with Crippen LogP contribution in [0.15, 0.2) is 23.1 Å². The molecule has 0 bridgehead atoms. The van der Waals surface area contributed by atoms with Crippen molar-refractivity contribution in [1.29, 1.82) is 0 Å². The van der Waals surface area contributed by atoms with Gasteiger partial charge in [0.05, 0.1) is 16.6 Å². The summed E-state index contributed by atoms with van der Waals surface area (Å²) in [4.78, 5) is 0.0218. The average molecular weight is 380 g/mol. The number of sulfonamides is 1. The molecular formula is C14H19BrFNO3S. The number of aryl methyl sites for hydroxylation is 1. The minimum absolute atomic E-state index is 0.0218. The van der Waals surface area contributed by atoms with Crippen LogP contribution in [0, 0.1) is 12.7 Å². The molecule has 21 heavy (non-hydrogen) atoms. The third-order valence-electron chi connectivity index (χ3n) is 3.39. The normalized spacial score (nSPS) is 23.2. The van der Waals surface area contributed by atoms with Gasteiger partial charge in [-0.05, 0) is 38.5 Å². The fourth-order valence-electron chi connectivity index (χ4n) is 2.50. The Morgan fingerprint density at radius 3 is 2.76 bits per heavy atom. The lowest BCUT2D eigenvalue weighted by Gasteiger charge is -2.41. The number of hydrogen-bond donors (Lipinski definition) is 0. The molecule has 118 valence electrons. The Kier molecular flexibility index (Phi) is 4.78. The minimum atomic E-state index is -3.74. The summed E-state index contributed by atoms with van der Waals surface area (Å²) in [6.07, 6.45) is -0.225. The highest BCUT2D eigenvalue weighted by molar-refractivity contribution is 9.09. The Hall–Kier alpha value is -0.500. The number of halogens is 2. The second-order valence-corrected chi connectivity index (χ2v) is 8.42. The summed E-state index contributed by atoms with van der Waals surface area (Å²) >= 11 is 3.33. The number of rotatable bonds is 3. The molecule has 7 heteroatoms. The molecule has 1 saturated heterocycles. The van der Waals surface area contributed by atoms with Crippen molar-refractivity contribution in [2.75, 3.05) is 18.4 Å². The molecule has 1 aromatic carbocycles. The van der Waals surface area contributed by atoms with Crippen molar-refractivity contribution in [3.05, 3.63) is 29.6 Å². The zero-order valence-corrected chi connectivity index (χ0v) is 14.7. The summed E-state index contributed by atoms with van der Waals surface area (Å²) in [5.41, 5.74) is -0.0403. The SMILES string of the molecule is Cc1ccc(F)cc1S(=O)(=O)N1CC(CBr)OC(C)(C)C1. The van der Waals surface area contributed by atoms with Crippen LogP contribution in [0.2, 0.25) is 0 Å². The summed E-state index contributed by atoms with van der Waals surface area (Å²) < 4.78 is 46.2. The lowest BCUT2D eigenvalue weighted by molar-refractivity contribution is -0.106. The van der Waals surface area contributed by atoms with Crippen LogP contribution in [0.25, 0.3) is 0 Å². The molecule has 0 saturated carbocycles. The van der Waals surface area contributed by atoms with E-state index in [1.807, 2.05) is 13.8 Å². The maximum atomic E-state index is 13.4. The molecule has 1 aliphatic rings. The summed E-state index contributed by atoms with van der Waals surface area (Å²) in [5.74, 6) is -0.552. The molecule has 0 radical (unpaired) electrons. The van der Waals surface area contributed by atoms with Crippen LogP contribution < -0.4 is 0 Å². The first-order chi connectivity index (χ1) is 9.65. The van der Waals surface area contributed by atoms with Crippen LogP contribution in [0.4, 0.5) is 4.39 Å². The number of hydrogen-bond acceptors (Lipinski definition) is 3. The Morgan fingerprint density at radius 2 is 2.14 bits per heavy atom. The van der Waals surface area contributed by atoms with E-state index in [2.05, 4.69) is 15.9 Å². The van der Waals surface area contributed by atoms with Gasteiger partial charge in [0, 0.05) is 18.4 Å². The second kappa shape index (κ2) is 5.95. The molecule has 1 heterocycles. The van der Waals surface area contributed by atoms with Gasteiger partial charge in [-0.25, -0.2) is 12.8 Å². The molecule has 4 nitrogen and oxygen atoms in total. The molecule has 1 unspecified atom stereocenters. The van der Waals surface area contributed by atoms with Gasteiger partial charge in [-0.2, -0.15) is 4.31 Å². The van der Waals surface area contributed by atoms with Crippen LogP contribution in [0.1, 0.15) is 19.4 Å². The van der Waals surface area contributed by atoms with Gasteiger partial charge in [-0.15, -0.1) is 0 Å². The van der Waals surface area contributed by atoms with Gasteiger partial charge in [-0.3, -0.25) is 0 Å². The predicted octanol–water partition coefficient (Wildman–Crippen LogP) is 2.70. The van der Waals surface area contributed by atoms with Gasteiger partial charge in [0.2, 0.25) is 10.0 Å². The van der Waals surface area contributed by atoms with Gasteiger partial charge in [0.1, 0.15) is 5.82 Å². The molecule has 2 rings (SSSR count). The highest BCUT2D eigenvalue weighted by Gasteiger charge is 2.39. The van der Waals surface area contributed by atoms with E-state index in [1.54, 1.807) is 6.92 Å². The topological polar surface area (TPSA) is 46.6 Å². The van der Waals surface area contributed by atoms with Crippen molar-refractivity contribution in [2.24, 2.45) is 0 Å². The first kappa shape index (κ1) is 16.9. The van der Waals surface area contributed by atoms with Crippen LogP contribution in [0.5, 0.6) is 0 Å². The molecule has 0 aliphatic carbocycles. The Morgan fingerprint density at radius 1 is 1.48 bits per heavy atom. The molecule has 1 atom stereocenters. The Labute approximate surface area is 133 Å². The van der Waals surface area contributed by atoms with Gasteiger partial charge in [0.25, 0.3) is 0 Å². The van der Waals surface area contributed by atoms with E-state index >= 15 is 0 Å². The van der Waals surface area contributed by atoms with Crippen molar-refractivity contribution >= 4 is 26.0 Å². The predicted molar refractivity (Wildman–Crippen MR) is 82.6 cm³/mol. The lowest BCUT2D eigenvalue weighted by atomic mass is 10.1. The van der Waals surface area contributed by atoms with Gasteiger partial charge < -0.3 is 4.74 Å². The maximum Gasteiger partial charge on any atom is 0.243 e. The van der Waals surface area contributed by atoms with Crippen molar-refractivity contribution in [3.63, 3.8) is 0 Å². The van der Waals surface area contributed by atoms with E-state index in [-0.39, 0.29) is 24.1 Å². The number of alkyl halides is 1. The largest absolute Gasteiger partial charge is 0.369 e. The molecule has 0 aromatic heterocycles. The highest BCUT2D eigenvalue weighted by atomic mass is 79.9. The fourth-order valence-corrected chi connectivity index (χ4v) is 4.69. The third-order valence-corrected chi connectivity index (χ3v) is 6.07. The quantitative estimate of drug-likeness (QED) is 0.758. The summed E-state index contributed by atoms with van der Waals surface area (Å²) in [7, 11) is -3.74. The molecule has 1 aliphatic heterocycles. The summed E-state index contributed by atoms with van der Waals surface area (Å²) in [6, 6.07) is 3.82. The van der Waals surface area contributed by atoms with Crippen molar-refractivity contribution in [3.8, 4) is 0 Å². The molecule has 1 fully saturated rings. The van der Waals surface area contributed by atoms with E-state index in [0.717, 1.165) is 6.07 Å². The highest BCUT2D eigenvalue weighted by Crippen LogP contribution is 2.28. The van der Waals surface area contributed by atoms with E-state index in [4.69, 9.17) is 4.74 Å². The van der Waals surface area contributed by atoms with Crippen LogP contribution in [-0.2, 0) is 14.8 Å². The lowest BCUT2D eigenvalue weighted by Crippen LogP contribution is -2.55. The third kappa shape index (κ3) is 3.64. The van der Waals surface area contributed by atoms with Crippen LogP contribution in [-0.4, -0.2) is 42.8 Å². The second-order valence-electron chi connectivity index (χ2n) is 5.86. The zero-order valence-electron chi connectivity index (χ0n) is 12.3. The first-order valence-corrected chi connectivity index (χ1v) is 9.22. The first-order valence-electron chi connectivity index (χ1n) is 6.66. The number of ether oxygens (including phenoxy) is 1. The molecule has 0 N–H and O–H groups in total. The maximum absolute atomic E-state index is 13.4. The van der Waals surface area contributed by atoms with Gasteiger partial charge >= 0.3 is 0 Å². The smallest absolute Gasteiger partial charge is 0.243 e. The van der Waals surface area contributed by atoms with E-state index < -0.39 is 21.4 Å². The summed E-state index contributed by atoms with van der Waals surface area (Å²) in [5, 5.41) is 0.546. The van der Waals surface area contributed by atoms with Gasteiger partial charge in [0.15, 0.2) is 0 Å². The standard InChI is InChI=1S/C14H19BrFNO3S/c1-10-4-5-11(16)6-13(10)21(18,19)17-8-12(7-15)20-14(2,3)9-17/h4-6,12H,7-9H2,1-3H3. The Balaban J connectivity index is 2.41. The van der Waals surface area contributed by atoms with Crippen LogP contribution in [0.3, 0.4) is 0 Å². The average Bonchev–Trinajstić information content (AvgIpc) is 2.39. The van der Waals surface area contributed by atoms with Crippen molar-refractivity contribution in [2.45, 2.75) is 37.4 Å². The van der Waals surface area contributed by atoms with E-state index in [0.29, 0.717) is 10.9 Å². The number of benzene rings is 1. The van der Waals surface area contributed by atoms with E-state index in [9.17, 15) is 12.8 Å². The van der Waals surface area contributed by atoms with Crippen molar-refractivity contribution < 1.29 is 17.5 Å². The fraction of sp³-hybridized carbons (Fsp3) is 0.571. The summed E-state index contributed by atoms with van der Waals surface area (Å²) in [6.45, 7) is 5.87. The number of morpholine rings is 1. The number of nitrogens with zero attached hydrogens (tertiary/aromatic N) is 1. The molecule has 0 amide bonds. The molecular weight excluding hydrogens is 361 g/mol. The van der Waals surface area contributed by atoms with Gasteiger partial charge in [-0.1, -0.05) is 22.0 Å². The zero-order chi connectivity index (χ0) is 15.8. The van der Waals surface area contributed by atoms with Crippen molar-refractivity contribution in [1.82, 2.24) is 4.31 Å². The van der Waals surface area contributed by atoms with E-state index in [1.165, 1.54) is 16.4 Å². The molecule has 0 spiro atoms. The minimum Gasteiger partial charge on any atom is -0.369 e. The Bertz CT molecular complexity index is 633. The molecule has 1 aromatic rings. The monoisotopic (exact) mass is 379 g/mol.